The average Bonchev–Trinajstić information content (AvgIpc) is 3.13. The van der Waals surface area contributed by atoms with Crippen molar-refractivity contribution >= 4 is 23.2 Å². The summed E-state index contributed by atoms with van der Waals surface area (Å²) in [5.41, 5.74) is 0. The normalized spacial score (nSPS) is 10.0. The van der Waals surface area contributed by atoms with E-state index < -0.39 is 0 Å². The van der Waals surface area contributed by atoms with E-state index in [1.165, 1.54) is 11.3 Å². The third-order valence-corrected chi connectivity index (χ3v) is 3.85. The summed E-state index contributed by atoms with van der Waals surface area (Å²) in [6.07, 6.45) is 0. The minimum atomic E-state index is -0.258. The highest BCUT2D eigenvalue weighted by Gasteiger charge is 2.08. The van der Waals surface area contributed by atoms with Crippen LogP contribution < -0.4 is 20.1 Å². The summed E-state index contributed by atoms with van der Waals surface area (Å²) in [7, 11) is 0. The molecule has 0 aliphatic heterocycles. The maximum atomic E-state index is 11.8. The number of ether oxygens (including phenoxy) is 2. The van der Waals surface area contributed by atoms with Gasteiger partial charge in [0.2, 0.25) is 0 Å². The van der Waals surface area contributed by atoms with Crippen LogP contribution in [-0.2, 0) is 4.79 Å². The first-order chi connectivity index (χ1) is 11.7. The highest BCUT2D eigenvalue weighted by Crippen LogP contribution is 2.26. The predicted molar refractivity (Wildman–Crippen MR) is 92.8 cm³/mol. The van der Waals surface area contributed by atoms with Gasteiger partial charge >= 0.3 is 0 Å². The molecular formula is C17H20N2O4S. The molecule has 0 fully saturated rings. The van der Waals surface area contributed by atoms with E-state index >= 15 is 0 Å². The molecule has 0 saturated carbocycles. The molecule has 6 nitrogen and oxygen atoms in total. The lowest BCUT2D eigenvalue weighted by Gasteiger charge is -2.11. The zero-order valence-electron chi connectivity index (χ0n) is 13.4. The van der Waals surface area contributed by atoms with Crippen LogP contribution in [0.1, 0.15) is 16.6 Å². The third kappa shape index (κ3) is 5.58. The van der Waals surface area contributed by atoms with Crippen molar-refractivity contribution in [3.05, 3.63) is 46.7 Å². The van der Waals surface area contributed by atoms with Crippen molar-refractivity contribution in [2.24, 2.45) is 0 Å². The Morgan fingerprint density at radius 2 is 1.71 bits per heavy atom. The maximum Gasteiger partial charge on any atom is 0.261 e. The lowest BCUT2D eigenvalue weighted by Crippen LogP contribution is -2.36. The summed E-state index contributed by atoms with van der Waals surface area (Å²) in [4.78, 5) is 24.1. The molecule has 1 heterocycles. The van der Waals surface area contributed by atoms with Crippen LogP contribution in [0.5, 0.6) is 11.5 Å². The third-order valence-electron chi connectivity index (χ3n) is 2.99. The number of hydrogen-bond donors (Lipinski definition) is 2. The van der Waals surface area contributed by atoms with E-state index in [0.717, 1.165) is 0 Å². The van der Waals surface area contributed by atoms with Gasteiger partial charge in [-0.1, -0.05) is 18.2 Å². The van der Waals surface area contributed by atoms with E-state index in [1.807, 2.05) is 30.5 Å². The Labute approximate surface area is 144 Å². The molecule has 0 atom stereocenters. The van der Waals surface area contributed by atoms with Gasteiger partial charge in [0.1, 0.15) is 0 Å². The number of carbonyl (C=O) groups is 2. The van der Waals surface area contributed by atoms with Gasteiger partial charge in [0, 0.05) is 13.1 Å². The van der Waals surface area contributed by atoms with Crippen LogP contribution in [0.4, 0.5) is 0 Å². The lowest BCUT2D eigenvalue weighted by atomic mass is 10.3. The van der Waals surface area contributed by atoms with Crippen LogP contribution in [0.15, 0.2) is 41.8 Å². The van der Waals surface area contributed by atoms with E-state index in [1.54, 1.807) is 18.2 Å². The quantitative estimate of drug-likeness (QED) is 0.680. The Morgan fingerprint density at radius 1 is 1.00 bits per heavy atom. The predicted octanol–water partition coefficient (Wildman–Crippen LogP) is 2.07. The molecule has 0 bridgehead atoms. The fourth-order valence-electron chi connectivity index (χ4n) is 1.91. The minimum absolute atomic E-state index is 0.108. The van der Waals surface area contributed by atoms with Crippen LogP contribution >= 0.6 is 11.3 Å². The molecule has 1 aromatic heterocycles. The number of amides is 2. The summed E-state index contributed by atoms with van der Waals surface area (Å²) in [6.45, 7) is 3.00. The number of rotatable bonds is 9. The van der Waals surface area contributed by atoms with Crippen molar-refractivity contribution in [3.8, 4) is 11.5 Å². The van der Waals surface area contributed by atoms with E-state index in [-0.39, 0.29) is 18.4 Å². The molecule has 0 spiro atoms. The Balaban J connectivity index is 1.66. The van der Waals surface area contributed by atoms with Crippen molar-refractivity contribution in [3.63, 3.8) is 0 Å². The van der Waals surface area contributed by atoms with Crippen LogP contribution in [0, 0.1) is 0 Å². The summed E-state index contributed by atoms with van der Waals surface area (Å²) in [6, 6.07) is 10.8. The van der Waals surface area contributed by atoms with Gasteiger partial charge in [0.25, 0.3) is 11.8 Å². The van der Waals surface area contributed by atoms with E-state index in [4.69, 9.17) is 9.47 Å². The van der Waals surface area contributed by atoms with Crippen LogP contribution in [-0.4, -0.2) is 38.1 Å². The molecule has 0 aliphatic carbocycles. The maximum absolute atomic E-state index is 11.8. The van der Waals surface area contributed by atoms with Gasteiger partial charge in [-0.2, -0.15) is 0 Å². The first-order valence-electron chi connectivity index (χ1n) is 7.63. The summed E-state index contributed by atoms with van der Waals surface area (Å²) in [5.74, 6) is 0.740. The van der Waals surface area contributed by atoms with E-state index in [9.17, 15) is 9.59 Å². The molecule has 2 amide bonds. The van der Waals surface area contributed by atoms with Gasteiger partial charge in [-0.25, -0.2) is 0 Å². The number of hydrogen-bond acceptors (Lipinski definition) is 5. The molecule has 0 unspecified atom stereocenters. The van der Waals surface area contributed by atoms with Crippen LogP contribution in [0.2, 0.25) is 0 Å². The number of para-hydroxylation sites is 2. The standard InChI is InChI=1S/C17H20N2O4S/c1-2-22-13-6-3-4-7-14(13)23-12-16(20)18-9-10-19-17(21)15-8-5-11-24-15/h3-8,11H,2,9-10,12H2,1H3,(H,18,20)(H,19,21). The second-order valence-electron chi connectivity index (χ2n) is 4.75. The fraction of sp³-hybridized carbons (Fsp3) is 0.294. The van der Waals surface area contributed by atoms with Gasteiger partial charge in [0.05, 0.1) is 11.5 Å². The van der Waals surface area contributed by atoms with Crippen molar-refractivity contribution < 1.29 is 19.1 Å². The second kappa shape index (κ2) is 9.57. The molecular weight excluding hydrogens is 328 g/mol. The zero-order valence-corrected chi connectivity index (χ0v) is 14.2. The average molecular weight is 348 g/mol. The molecule has 2 N–H and O–H groups in total. The second-order valence-corrected chi connectivity index (χ2v) is 5.70. The van der Waals surface area contributed by atoms with Crippen molar-refractivity contribution in [1.29, 1.82) is 0 Å². The van der Waals surface area contributed by atoms with E-state index in [0.29, 0.717) is 36.1 Å². The lowest BCUT2D eigenvalue weighted by molar-refractivity contribution is -0.123. The molecule has 2 aromatic rings. The smallest absolute Gasteiger partial charge is 0.261 e. The van der Waals surface area contributed by atoms with Gasteiger partial charge in [-0.3, -0.25) is 9.59 Å². The van der Waals surface area contributed by atoms with Gasteiger partial charge in [0.15, 0.2) is 18.1 Å². The fourth-order valence-corrected chi connectivity index (χ4v) is 2.55. The van der Waals surface area contributed by atoms with Gasteiger partial charge in [-0.05, 0) is 30.5 Å². The van der Waals surface area contributed by atoms with Gasteiger partial charge in [-0.15, -0.1) is 11.3 Å². The van der Waals surface area contributed by atoms with E-state index in [2.05, 4.69) is 10.6 Å². The molecule has 24 heavy (non-hydrogen) atoms. The molecule has 1 aromatic carbocycles. The first-order valence-corrected chi connectivity index (χ1v) is 8.51. The SMILES string of the molecule is CCOc1ccccc1OCC(=O)NCCNC(=O)c1cccs1. The van der Waals surface area contributed by atoms with Crippen LogP contribution in [0.25, 0.3) is 0 Å². The first kappa shape index (κ1) is 17.8. The van der Waals surface area contributed by atoms with Crippen molar-refractivity contribution in [2.45, 2.75) is 6.92 Å². The Bertz CT molecular complexity index is 658. The largest absolute Gasteiger partial charge is 0.490 e. The molecule has 128 valence electrons. The Hall–Kier alpha value is -2.54. The summed E-state index contributed by atoms with van der Waals surface area (Å²) < 4.78 is 10.9. The number of thiophene rings is 1. The van der Waals surface area contributed by atoms with Crippen molar-refractivity contribution in [2.75, 3.05) is 26.3 Å². The van der Waals surface area contributed by atoms with Gasteiger partial charge < -0.3 is 20.1 Å². The molecule has 0 aliphatic rings. The highest BCUT2D eigenvalue weighted by molar-refractivity contribution is 7.12. The highest BCUT2D eigenvalue weighted by atomic mass is 32.1. The summed E-state index contributed by atoms with van der Waals surface area (Å²) in [5, 5.41) is 7.27. The molecule has 7 heteroatoms. The Kier molecular flexibility index (Phi) is 7.10. The van der Waals surface area contributed by atoms with Crippen molar-refractivity contribution in [1.82, 2.24) is 10.6 Å². The number of benzene rings is 1. The molecule has 2 rings (SSSR count). The monoisotopic (exact) mass is 348 g/mol. The number of nitrogens with one attached hydrogen (secondary N) is 2. The number of carbonyl (C=O) groups excluding carboxylic acids is 2. The topological polar surface area (TPSA) is 76.7 Å². The minimum Gasteiger partial charge on any atom is -0.490 e. The summed E-state index contributed by atoms with van der Waals surface area (Å²) >= 11 is 1.38. The molecule has 0 saturated heterocycles. The zero-order chi connectivity index (χ0) is 17.2. The Morgan fingerprint density at radius 3 is 2.38 bits per heavy atom. The molecule has 0 radical (unpaired) electrons. The van der Waals surface area contributed by atoms with Crippen LogP contribution in [0.3, 0.4) is 0 Å².